The van der Waals surface area contributed by atoms with Gasteiger partial charge in [0.1, 0.15) is 12.1 Å². The second-order valence-electron chi connectivity index (χ2n) is 7.64. The molecule has 3 atom stereocenters. The van der Waals surface area contributed by atoms with Crippen LogP contribution in [0.5, 0.6) is 0 Å². The number of aromatic nitrogens is 2. The number of nitrogens with one attached hydrogen (secondary N) is 1. The zero-order chi connectivity index (χ0) is 14.4. The van der Waals surface area contributed by atoms with Crippen LogP contribution in [-0.4, -0.2) is 16.0 Å². The molecule has 3 nitrogen and oxygen atoms in total. The first kappa shape index (κ1) is 13.8. The lowest BCUT2D eigenvalue weighted by molar-refractivity contribution is 0.155. The Bertz CT molecular complexity index is 492. The van der Waals surface area contributed by atoms with Gasteiger partial charge in [-0.25, -0.2) is 9.97 Å². The van der Waals surface area contributed by atoms with Crippen LogP contribution in [0.3, 0.4) is 0 Å². The van der Waals surface area contributed by atoms with E-state index in [1.165, 1.54) is 19.3 Å². The van der Waals surface area contributed by atoms with E-state index in [9.17, 15) is 0 Å². The van der Waals surface area contributed by atoms with Crippen molar-refractivity contribution in [1.29, 1.82) is 0 Å². The normalized spacial score (nSPS) is 34.4. The van der Waals surface area contributed by atoms with E-state index < -0.39 is 0 Å². The van der Waals surface area contributed by atoms with Crippen molar-refractivity contribution in [3.05, 3.63) is 18.1 Å². The summed E-state index contributed by atoms with van der Waals surface area (Å²) in [5.74, 6) is 1.87. The molecule has 0 spiro atoms. The van der Waals surface area contributed by atoms with Crippen molar-refractivity contribution in [2.75, 3.05) is 5.32 Å². The Kier molecular flexibility index (Phi) is 3.26. The highest BCUT2D eigenvalue weighted by atomic mass is 15.1. The standard InChI is InChI=1S/C17H27N3/c1-5-6-13-9-14(19-11-18-13)20-15-16(2,3)12-7-8-17(15,4)10-12/h9,11-12,15H,5-8,10H2,1-4H3,(H,18,19,20). The summed E-state index contributed by atoms with van der Waals surface area (Å²) < 4.78 is 0. The molecule has 0 aromatic carbocycles. The summed E-state index contributed by atoms with van der Waals surface area (Å²) in [6.45, 7) is 9.49. The minimum absolute atomic E-state index is 0.364. The van der Waals surface area contributed by atoms with Crippen LogP contribution in [0.4, 0.5) is 5.82 Å². The first-order chi connectivity index (χ1) is 9.45. The number of hydrogen-bond donors (Lipinski definition) is 1. The molecule has 3 unspecified atom stereocenters. The molecule has 1 aromatic rings. The molecule has 2 bridgehead atoms. The fourth-order valence-corrected chi connectivity index (χ4v) is 4.68. The fraction of sp³-hybridized carbons (Fsp3) is 0.765. The van der Waals surface area contributed by atoms with Gasteiger partial charge in [-0.15, -0.1) is 0 Å². The average Bonchev–Trinajstić information content (AvgIpc) is 2.87. The van der Waals surface area contributed by atoms with E-state index >= 15 is 0 Å². The third-order valence-electron chi connectivity index (χ3n) is 5.79. The second kappa shape index (κ2) is 4.71. The van der Waals surface area contributed by atoms with Crippen LogP contribution in [0.2, 0.25) is 0 Å². The van der Waals surface area contributed by atoms with Gasteiger partial charge in [-0.1, -0.05) is 34.1 Å². The van der Waals surface area contributed by atoms with Crippen molar-refractivity contribution >= 4 is 5.82 Å². The van der Waals surface area contributed by atoms with Crippen LogP contribution < -0.4 is 5.32 Å². The maximum atomic E-state index is 4.44. The molecular weight excluding hydrogens is 246 g/mol. The van der Waals surface area contributed by atoms with Crippen LogP contribution >= 0.6 is 0 Å². The van der Waals surface area contributed by atoms with Crippen LogP contribution in [0.15, 0.2) is 12.4 Å². The summed E-state index contributed by atoms with van der Waals surface area (Å²) >= 11 is 0. The van der Waals surface area contributed by atoms with Gasteiger partial charge in [0.05, 0.1) is 0 Å². The Balaban J connectivity index is 1.82. The number of hydrogen-bond acceptors (Lipinski definition) is 3. The first-order valence-corrected chi connectivity index (χ1v) is 8.03. The maximum absolute atomic E-state index is 4.44. The van der Waals surface area contributed by atoms with Crippen molar-refractivity contribution in [1.82, 2.24) is 9.97 Å². The highest BCUT2D eigenvalue weighted by Gasteiger charge is 2.59. The van der Waals surface area contributed by atoms with Gasteiger partial charge in [0, 0.05) is 17.8 Å². The Morgan fingerprint density at radius 3 is 2.75 bits per heavy atom. The Hall–Kier alpha value is -1.12. The van der Waals surface area contributed by atoms with Crippen LogP contribution in [-0.2, 0) is 6.42 Å². The van der Waals surface area contributed by atoms with Gasteiger partial charge < -0.3 is 5.32 Å². The molecular formula is C17H27N3. The molecule has 2 fully saturated rings. The van der Waals surface area contributed by atoms with Crippen molar-refractivity contribution in [3.63, 3.8) is 0 Å². The van der Waals surface area contributed by atoms with Gasteiger partial charge in [-0.05, 0) is 42.4 Å². The number of aryl methyl sites for hydroxylation is 1. The Labute approximate surface area is 122 Å². The fourth-order valence-electron chi connectivity index (χ4n) is 4.68. The third kappa shape index (κ3) is 2.11. The first-order valence-electron chi connectivity index (χ1n) is 8.03. The van der Waals surface area contributed by atoms with E-state index in [0.29, 0.717) is 16.9 Å². The molecule has 1 N–H and O–H groups in total. The molecule has 0 radical (unpaired) electrons. The van der Waals surface area contributed by atoms with Gasteiger partial charge in [0.25, 0.3) is 0 Å². The van der Waals surface area contributed by atoms with Gasteiger partial charge >= 0.3 is 0 Å². The van der Waals surface area contributed by atoms with Gasteiger partial charge in [0.15, 0.2) is 0 Å². The molecule has 2 aliphatic rings. The van der Waals surface area contributed by atoms with Crippen molar-refractivity contribution in [3.8, 4) is 0 Å². The monoisotopic (exact) mass is 273 g/mol. The number of nitrogens with zero attached hydrogens (tertiary/aromatic N) is 2. The molecule has 0 aliphatic heterocycles. The minimum atomic E-state index is 0.364. The summed E-state index contributed by atoms with van der Waals surface area (Å²) in [6, 6.07) is 2.66. The van der Waals surface area contributed by atoms with Gasteiger partial charge in [0.2, 0.25) is 0 Å². The molecule has 2 saturated carbocycles. The van der Waals surface area contributed by atoms with Crippen molar-refractivity contribution in [2.24, 2.45) is 16.7 Å². The molecule has 2 aliphatic carbocycles. The van der Waals surface area contributed by atoms with Crippen molar-refractivity contribution < 1.29 is 0 Å². The number of anilines is 1. The largest absolute Gasteiger partial charge is 0.366 e. The molecule has 1 aromatic heterocycles. The SMILES string of the molecule is CCCc1cc(NC2C3(C)CCC(C3)C2(C)C)ncn1. The lowest BCUT2D eigenvalue weighted by atomic mass is 9.68. The quantitative estimate of drug-likeness (QED) is 0.899. The van der Waals surface area contributed by atoms with Gasteiger partial charge in [-0.3, -0.25) is 0 Å². The summed E-state index contributed by atoms with van der Waals surface area (Å²) in [4.78, 5) is 8.80. The predicted molar refractivity (Wildman–Crippen MR) is 82.7 cm³/mol. The van der Waals surface area contributed by atoms with Crippen LogP contribution in [0.25, 0.3) is 0 Å². The van der Waals surface area contributed by atoms with Gasteiger partial charge in [-0.2, -0.15) is 0 Å². The zero-order valence-corrected chi connectivity index (χ0v) is 13.2. The van der Waals surface area contributed by atoms with Crippen LogP contribution in [0, 0.1) is 16.7 Å². The van der Waals surface area contributed by atoms with E-state index in [-0.39, 0.29) is 0 Å². The number of rotatable bonds is 4. The molecule has 0 saturated heterocycles. The predicted octanol–water partition coefficient (Wildman–Crippen LogP) is 4.06. The lowest BCUT2D eigenvalue weighted by Gasteiger charge is -2.43. The Morgan fingerprint density at radius 2 is 2.10 bits per heavy atom. The number of fused-ring (bicyclic) bond motifs is 2. The lowest BCUT2D eigenvalue weighted by Crippen LogP contribution is -2.46. The molecule has 0 amide bonds. The van der Waals surface area contributed by atoms with E-state index in [1.807, 2.05) is 0 Å². The van der Waals surface area contributed by atoms with E-state index in [1.54, 1.807) is 6.33 Å². The molecule has 3 heteroatoms. The Morgan fingerprint density at radius 1 is 1.30 bits per heavy atom. The average molecular weight is 273 g/mol. The molecule has 1 heterocycles. The highest BCUT2D eigenvalue weighted by molar-refractivity contribution is 5.39. The van der Waals surface area contributed by atoms with E-state index in [4.69, 9.17) is 0 Å². The highest BCUT2D eigenvalue weighted by Crippen LogP contribution is 2.62. The maximum Gasteiger partial charge on any atom is 0.129 e. The minimum Gasteiger partial charge on any atom is -0.366 e. The smallest absolute Gasteiger partial charge is 0.129 e. The van der Waals surface area contributed by atoms with Crippen molar-refractivity contribution in [2.45, 2.75) is 65.8 Å². The summed E-state index contributed by atoms with van der Waals surface area (Å²) in [7, 11) is 0. The second-order valence-corrected chi connectivity index (χ2v) is 7.64. The topological polar surface area (TPSA) is 37.8 Å². The summed E-state index contributed by atoms with van der Waals surface area (Å²) in [5, 5.41) is 3.75. The third-order valence-corrected chi connectivity index (χ3v) is 5.79. The molecule has 20 heavy (non-hydrogen) atoms. The summed E-state index contributed by atoms with van der Waals surface area (Å²) in [6.07, 6.45) is 7.98. The van der Waals surface area contributed by atoms with E-state index in [0.717, 1.165) is 30.3 Å². The molecule has 3 rings (SSSR count). The molecule has 110 valence electrons. The zero-order valence-electron chi connectivity index (χ0n) is 13.2. The van der Waals surface area contributed by atoms with E-state index in [2.05, 4.69) is 49.0 Å². The van der Waals surface area contributed by atoms with Crippen LogP contribution in [0.1, 0.15) is 59.1 Å². The summed E-state index contributed by atoms with van der Waals surface area (Å²) in [5.41, 5.74) is 1.95.